The van der Waals surface area contributed by atoms with E-state index in [9.17, 15) is 24.3 Å². The molecule has 2 saturated carbocycles. The predicted molar refractivity (Wildman–Crippen MR) is 232 cm³/mol. The van der Waals surface area contributed by atoms with Crippen molar-refractivity contribution in [2.24, 2.45) is 0 Å². The van der Waals surface area contributed by atoms with Crippen molar-refractivity contribution in [3.8, 4) is 0 Å². The van der Waals surface area contributed by atoms with Gasteiger partial charge in [0.2, 0.25) is 0 Å². The van der Waals surface area contributed by atoms with Crippen LogP contribution in [0.4, 0.5) is 9.59 Å². The zero-order valence-electron chi connectivity index (χ0n) is 37.9. The number of nitrogens with zero attached hydrogens (tertiary/aromatic N) is 2. The topological polar surface area (TPSA) is 147 Å². The summed E-state index contributed by atoms with van der Waals surface area (Å²) in [4.78, 5) is 51.0. The van der Waals surface area contributed by atoms with Crippen LogP contribution in [0.5, 0.6) is 0 Å². The molecule has 2 fully saturated rings. The lowest BCUT2D eigenvalue weighted by Gasteiger charge is -2.42. The smallest absolute Gasteiger partial charge is 0.414 e. The molecule has 2 spiro atoms. The average Bonchev–Trinajstić information content (AvgIpc) is 3.54. The summed E-state index contributed by atoms with van der Waals surface area (Å²) in [6, 6.07) is 8.23. The molecule has 3 N–H and O–H groups in total. The van der Waals surface area contributed by atoms with Gasteiger partial charge < -0.3 is 52.2 Å². The van der Waals surface area contributed by atoms with Gasteiger partial charge in [-0.15, -0.1) is 0 Å². The van der Waals surface area contributed by atoms with Crippen LogP contribution in [-0.2, 0) is 23.8 Å². The Labute approximate surface area is 367 Å². The summed E-state index contributed by atoms with van der Waals surface area (Å²) in [5, 5.41) is 16.8. The summed E-state index contributed by atoms with van der Waals surface area (Å²) in [7, 11) is 9.92. The number of aryl methyl sites for hydroxylation is 6. The van der Waals surface area contributed by atoms with Crippen LogP contribution in [0.1, 0.15) is 110 Å². The molecule has 60 heavy (non-hydrogen) atoms. The Balaban J connectivity index is 0.000000281. The largest absolute Gasteiger partial charge is 1.00 e. The fraction of sp³-hybridized carbons (Fsp3) is 0.565. The Morgan fingerprint density at radius 2 is 0.967 bits per heavy atom. The van der Waals surface area contributed by atoms with Crippen molar-refractivity contribution in [2.75, 3.05) is 42.4 Å². The normalized spacial score (nSPS) is 25.7. The molecule has 2 aliphatic carbocycles. The molecular weight excluding hydrogens is 807 g/mol. The molecule has 12 nitrogen and oxygen atoms in total. The van der Waals surface area contributed by atoms with Gasteiger partial charge in [-0.3, -0.25) is 14.4 Å². The van der Waals surface area contributed by atoms with Crippen molar-refractivity contribution in [1.29, 1.82) is 0 Å². The number of aliphatic hydroxyl groups excluding tert-OH is 1. The second-order valence-corrected chi connectivity index (χ2v) is 18.1. The number of halogens is 2. The highest BCUT2D eigenvalue weighted by atomic mass is 35.5. The molecule has 4 amide bonds. The van der Waals surface area contributed by atoms with Crippen LogP contribution in [0, 0.1) is 41.5 Å². The third-order valence-corrected chi connectivity index (χ3v) is 12.9. The minimum Gasteiger partial charge on any atom is -1.00 e. The first-order valence-corrected chi connectivity index (χ1v) is 20.6. The second kappa shape index (κ2) is 19.3. The number of carbonyl (C=O) groups is 4. The van der Waals surface area contributed by atoms with Crippen LogP contribution in [0.25, 0.3) is 11.1 Å². The zero-order chi connectivity index (χ0) is 44.4. The SMILES string of the molecule is CN(C)C(=O)Cl.COC1(C)CCC2(CC1)NC(=O)C(c1c(C)cc(C)cc1C)=C2O.COC1(C)CCC2(CC1)NC(=O)C(c1c(C)cc(C)cc1C)=C2OC(=O)N(C)C.[Cl-]. The van der Waals surface area contributed by atoms with E-state index in [1.54, 1.807) is 42.4 Å². The quantitative estimate of drug-likeness (QED) is 0.264. The number of nitrogens with one attached hydrogen (secondary N) is 2. The van der Waals surface area contributed by atoms with E-state index in [2.05, 4.69) is 48.7 Å². The van der Waals surface area contributed by atoms with Crippen LogP contribution in [0.2, 0.25) is 0 Å². The van der Waals surface area contributed by atoms with Gasteiger partial charge in [0.1, 0.15) is 11.5 Å². The maximum absolute atomic E-state index is 13.2. The summed E-state index contributed by atoms with van der Waals surface area (Å²) >= 11 is 4.90. The third kappa shape index (κ3) is 10.5. The van der Waals surface area contributed by atoms with Crippen molar-refractivity contribution < 1.29 is 50.9 Å². The summed E-state index contributed by atoms with van der Waals surface area (Å²) in [6.07, 6.45) is 5.40. The molecule has 14 heteroatoms. The third-order valence-electron chi connectivity index (χ3n) is 12.6. The number of amides is 4. The Morgan fingerprint density at radius 1 is 0.633 bits per heavy atom. The van der Waals surface area contributed by atoms with Crippen LogP contribution >= 0.6 is 11.6 Å². The first-order chi connectivity index (χ1) is 27.4. The van der Waals surface area contributed by atoms with Gasteiger partial charge in [-0.25, -0.2) is 4.79 Å². The van der Waals surface area contributed by atoms with Gasteiger partial charge in [0.05, 0.1) is 33.4 Å². The first-order valence-electron chi connectivity index (χ1n) is 20.2. The molecule has 2 heterocycles. The summed E-state index contributed by atoms with van der Waals surface area (Å²) < 4.78 is 17.2. The van der Waals surface area contributed by atoms with Crippen molar-refractivity contribution in [2.45, 2.75) is 129 Å². The molecule has 2 aromatic rings. The van der Waals surface area contributed by atoms with Gasteiger partial charge in [-0.2, -0.15) is 0 Å². The lowest BCUT2D eigenvalue weighted by Crippen LogP contribution is -3.00. The van der Waals surface area contributed by atoms with Crippen LogP contribution < -0.4 is 23.0 Å². The van der Waals surface area contributed by atoms with Crippen LogP contribution in [0.3, 0.4) is 0 Å². The number of hydrogen-bond acceptors (Lipinski definition) is 8. The average molecular weight is 873 g/mol. The molecule has 4 aliphatic rings. The number of aliphatic hydroxyl groups is 1. The molecule has 2 aliphatic heterocycles. The van der Waals surface area contributed by atoms with Crippen molar-refractivity contribution in [3.63, 3.8) is 0 Å². The van der Waals surface area contributed by atoms with Gasteiger partial charge >= 0.3 is 11.5 Å². The van der Waals surface area contributed by atoms with Crippen molar-refractivity contribution in [3.05, 3.63) is 80.3 Å². The number of rotatable bonds is 5. The Hall–Kier alpha value is -4.10. The van der Waals surface area contributed by atoms with Gasteiger partial charge in [0.15, 0.2) is 0 Å². The molecule has 0 aromatic heterocycles. The molecule has 0 saturated heterocycles. The molecule has 332 valence electrons. The maximum atomic E-state index is 13.2. The highest BCUT2D eigenvalue weighted by Gasteiger charge is 2.53. The summed E-state index contributed by atoms with van der Waals surface area (Å²) in [6.45, 7) is 16.2. The Morgan fingerprint density at radius 3 is 1.32 bits per heavy atom. The molecule has 0 unspecified atom stereocenters. The van der Waals surface area contributed by atoms with E-state index in [-0.39, 0.29) is 41.2 Å². The van der Waals surface area contributed by atoms with Gasteiger partial charge in [-0.05, 0) is 152 Å². The standard InChI is InChI=1S/C23H32N2O4.C20H27NO3.C3H6ClNO.ClH/c1-14-12-15(2)17(16(3)13-14)18-19(29-21(27)25(5)6)23(24-20(18)26)10-8-22(4,28-7)9-11-23;1-12-10-13(2)15(14(3)11-12)16-17(22)20(21-18(16)23)8-6-19(4,24-5)7-9-20;1-5(2)3(4)6;/h12-13H,8-11H2,1-7H3,(H,24,26);10-11,22H,6-9H2,1-5H3,(H,21,23);1-2H3;1H/p-1. The minimum atomic E-state index is -0.681. The second-order valence-electron chi connectivity index (χ2n) is 17.8. The Bertz CT molecular complexity index is 1990. The van der Waals surface area contributed by atoms with Gasteiger partial charge in [0.25, 0.3) is 11.8 Å². The monoisotopic (exact) mass is 871 g/mol. The number of hydrogen-bond donors (Lipinski definition) is 3. The van der Waals surface area contributed by atoms with Crippen LogP contribution in [0.15, 0.2) is 35.8 Å². The highest BCUT2D eigenvalue weighted by molar-refractivity contribution is 6.62. The number of benzene rings is 2. The molecule has 0 atom stereocenters. The molecule has 0 radical (unpaired) electrons. The van der Waals surface area contributed by atoms with E-state index in [1.165, 1.54) is 9.80 Å². The molecule has 2 aromatic carbocycles. The van der Waals surface area contributed by atoms with E-state index in [1.807, 2.05) is 41.5 Å². The lowest BCUT2D eigenvalue weighted by molar-refractivity contribution is -0.118. The van der Waals surface area contributed by atoms with E-state index >= 15 is 0 Å². The first kappa shape index (κ1) is 50.3. The van der Waals surface area contributed by atoms with E-state index in [0.717, 1.165) is 70.2 Å². The van der Waals surface area contributed by atoms with Gasteiger partial charge in [-0.1, -0.05) is 35.4 Å². The molecule has 6 rings (SSSR count). The Kier molecular flexibility index (Phi) is 16.2. The maximum Gasteiger partial charge on any atom is 0.414 e. The van der Waals surface area contributed by atoms with E-state index in [0.29, 0.717) is 42.6 Å². The summed E-state index contributed by atoms with van der Waals surface area (Å²) in [5.41, 5.74) is 7.29. The number of methoxy groups -OCH3 is 2. The van der Waals surface area contributed by atoms with Crippen molar-refractivity contribution in [1.82, 2.24) is 20.4 Å². The lowest BCUT2D eigenvalue weighted by atomic mass is 9.73. The van der Waals surface area contributed by atoms with E-state index in [4.69, 9.17) is 25.8 Å². The minimum absolute atomic E-state index is 0. The molecule has 0 bridgehead atoms. The summed E-state index contributed by atoms with van der Waals surface area (Å²) in [5.74, 6) is 0.321. The van der Waals surface area contributed by atoms with Crippen molar-refractivity contribution >= 4 is 46.0 Å². The predicted octanol–water partition coefficient (Wildman–Crippen LogP) is 5.51. The fourth-order valence-corrected chi connectivity index (χ4v) is 8.83. The van der Waals surface area contributed by atoms with E-state index < -0.39 is 22.5 Å². The highest BCUT2D eigenvalue weighted by Crippen LogP contribution is 2.48. The van der Waals surface area contributed by atoms with Gasteiger partial charge in [0, 0.05) is 42.4 Å². The molecular formula is C46H65Cl2N4O8-. The number of ether oxygens (including phenoxy) is 3. The number of carbonyl (C=O) groups excluding carboxylic acids is 4. The van der Waals surface area contributed by atoms with Crippen LogP contribution in [-0.4, -0.2) is 103 Å². The zero-order valence-corrected chi connectivity index (χ0v) is 39.4. The fourth-order valence-electron chi connectivity index (χ4n) is 8.83.